The van der Waals surface area contributed by atoms with E-state index < -0.39 is 17.8 Å². The molecule has 1 aliphatic rings. The number of aromatic nitrogens is 1. The molecule has 140 valence electrons. The number of nitrogens with one attached hydrogen (secondary N) is 1. The standard InChI is InChI=1S/C19H20N4O4/c1-27-19(26)14-5-7-15(8-6-14)21-17(24)18(25)23-12-10-22(11-13-23)16-4-2-3-9-20-16/h2-9H,10-13H2,1H3,(H,21,24). The molecule has 1 aliphatic heterocycles. The number of benzene rings is 1. The molecule has 8 heteroatoms. The van der Waals surface area contributed by atoms with Crippen molar-refractivity contribution in [1.29, 1.82) is 0 Å². The third kappa shape index (κ3) is 4.41. The molecule has 3 rings (SSSR count). The number of hydrogen-bond acceptors (Lipinski definition) is 6. The van der Waals surface area contributed by atoms with Gasteiger partial charge in [-0.2, -0.15) is 0 Å². The van der Waals surface area contributed by atoms with Gasteiger partial charge in [0, 0.05) is 38.1 Å². The van der Waals surface area contributed by atoms with Gasteiger partial charge >= 0.3 is 17.8 Å². The summed E-state index contributed by atoms with van der Waals surface area (Å²) in [4.78, 5) is 43.9. The Kier molecular flexibility index (Phi) is 5.65. The summed E-state index contributed by atoms with van der Waals surface area (Å²) in [7, 11) is 1.30. The highest BCUT2D eigenvalue weighted by Gasteiger charge is 2.26. The Morgan fingerprint density at radius 2 is 1.70 bits per heavy atom. The summed E-state index contributed by atoms with van der Waals surface area (Å²) in [5.41, 5.74) is 0.806. The molecular formula is C19H20N4O4. The first kappa shape index (κ1) is 18.4. The number of ether oxygens (including phenoxy) is 1. The van der Waals surface area contributed by atoms with Gasteiger partial charge in [-0.05, 0) is 36.4 Å². The van der Waals surface area contributed by atoms with Crippen molar-refractivity contribution in [2.24, 2.45) is 0 Å². The van der Waals surface area contributed by atoms with E-state index in [-0.39, 0.29) is 0 Å². The van der Waals surface area contributed by atoms with Crippen LogP contribution in [-0.2, 0) is 14.3 Å². The normalized spacial score (nSPS) is 13.8. The topological polar surface area (TPSA) is 91.8 Å². The van der Waals surface area contributed by atoms with Crippen LogP contribution in [0, 0.1) is 0 Å². The van der Waals surface area contributed by atoms with Crippen LogP contribution >= 0.6 is 0 Å². The molecule has 0 unspecified atom stereocenters. The number of pyridine rings is 1. The van der Waals surface area contributed by atoms with Crippen molar-refractivity contribution in [2.75, 3.05) is 43.5 Å². The highest BCUT2D eigenvalue weighted by Crippen LogP contribution is 2.14. The number of carbonyl (C=O) groups excluding carboxylic acids is 3. The van der Waals surface area contributed by atoms with E-state index in [1.165, 1.54) is 24.1 Å². The van der Waals surface area contributed by atoms with Gasteiger partial charge < -0.3 is 19.9 Å². The number of esters is 1. The van der Waals surface area contributed by atoms with Gasteiger partial charge in [0.1, 0.15) is 5.82 Å². The van der Waals surface area contributed by atoms with Gasteiger partial charge in [-0.25, -0.2) is 9.78 Å². The lowest BCUT2D eigenvalue weighted by Gasteiger charge is -2.34. The molecular weight excluding hydrogens is 348 g/mol. The molecule has 1 N–H and O–H groups in total. The Labute approximate surface area is 156 Å². The average molecular weight is 368 g/mol. The van der Waals surface area contributed by atoms with Gasteiger partial charge in [-0.1, -0.05) is 6.07 Å². The molecule has 2 amide bonds. The zero-order valence-electron chi connectivity index (χ0n) is 14.9. The summed E-state index contributed by atoms with van der Waals surface area (Å²) in [5.74, 6) is -0.880. The first-order chi connectivity index (χ1) is 13.1. The van der Waals surface area contributed by atoms with Crippen LogP contribution < -0.4 is 10.2 Å². The van der Waals surface area contributed by atoms with Gasteiger partial charge in [0.05, 0.1) is 12.7 Å². The van der Waals surface area contributed by atoms with E-state index in [1.807, 2.05) is 18.2 Å². The van der Waals surface area contributed by atoms with E-state index in [0.29, 0.717) is 37.4 Å². The molecule has 0 aliphatic carbocycles. The summed E-state index contributed by atoms with van der Waals surface area (Å²) in [6.07, 6.45) is 1.73. The summed E-state index contributed by atoms with van der Waals surface area (Å²) in [6, 6.07) is 11.8. The van der Waals surface area contributed by atoms with Crippen LogP contribution in [0.3, 0.4) is 0 Å². The fraction of sp³-hybridized carbons (Fsp3) is 0.263. The van der Waals surface area contributed by atoms with E-state index in [2.05, 4.69) is 19.9 Å². The van der Waals surface area contributed by atoms with Crippen molar-refractivity contribution in [3.05, 3.63) is 54.2 Å². The quantitative estimate of drug-likeness (QED) is 0.646. The molecule has 1 fully saturated rings. The second kappa shape index (κ2) is 8.31. The van der Waals surface area contributed by atoms with Crippen LogP contribution in [-0.4, -0.2) is 61.0 Å². The Morgan fingerprint density at radius 3 is 2.30 bits per heavy atom. The summed E-state index contributed by atoms with van der Waals surface area (Å²) < 4.78 is 4.62. The Hall–Kier alpha value is -3.42. The smallest absolute Gasteiger partial charge is 0.337 e. The minimum absolute atomic E-state index is 0.368. The van der Waals surface area contributed by atoms with Crippen LogP contribution in [0.25, 0.3) is 0 Å². The van der Waals surface area contributed by atoms with E-state index in [9.17, 15) is 14.4 Å². The minimum atomic E-state index is -0.702. The lowest BCUT2D eigenvalue weighted by molar-refractivity contribution is -0.143. The van der Waals surface area contributed by atoms with Crippen molar-refractivity contribution in [3.8, 4) is 0 Å². The Morgan fingerprint density at radius 1 is 1.00 bits per heavy atom. The molecule has 0 bridgehead atoms. The molecule has 1 saturated heterocycles. The second-order valence-electron chi connectivity index (χ2n) is 5.99. The predicted octanol–water partition coefficient (Wildman–Crippen LogP) is 1.16. The lowest BCUT2D eigenvalue weighted by atomic mass is 10.2. The lowest BCUT2D eigenvalue weighted by Crippen LogP contribution is -2.51. The molecule has 1 aromatic carbocycles. The molecule has 0 radical (unpaired) electrons. The van der Waals surface area contributed by atoms with Crippen molar-refractivity contribution in [3.63, 3.8) is 0 Å². The van der Waals surface area contributed by atoms with Crippen LogP contribution in [0.15, 0.2) is 48.7 Å². The van der Waals surface area contributed by atoms with Gasteiger partial charge in [0.25, 0.3) is 0 Å². The van der Waals surface area contributed by atoms with Crippen LogP contribution in [0.5, 0.6) is 0 Å². The van der Waals surface area contributed by atoms with Crippen LogP contribution in [0.4, 0.5) is 11.5 Å². The summed E-state index contributed by atoms with van der Waals surface area (Å²) in [5, 5.41) is 2.56. The van der Waals surface area contributed by atoms with Crippen LogP contribution in [0.2, 0.25) is 0 Å². The Bertz CT molecular complexity index is 815. The maximum absolute atomic E-state index is 12.4. The van der Waals surface area contributed by atoms with E-state index in [0.717, 1.165) is 5.82 Å². The highest BCUT2D eigenvalue weighted by atomic mass is 16.5. The molecule has 2 aromatic rings. The number of methoxy groups -OCH3 is 1. The van der Waals surface area contributed by atoms with E-state index in [4.69, 9.17) is 0 Å². The first-order valence-electron chi connectivity index (χ1n) is 8.53. The zero-order valence-corrected chi connectivity index (χ0v) is 14.9. The summed E-state index contributed by atoms with van der Waals surface area (Å²) in [6.45, 7) is 2.13. The number of nitrogens with zero attached hydrogens (tertiary/aromatic N) is 3. The SMILES string of the molecule is COC(=O)c1ccc(NC(=O)C(=O)N2CCN(c3ccccn3)CC2)cc1. The third-order valence-electron chi connectivity index (χ3n) is 4.30. The molecule has 27 heavy (non-hydrogen) atoms. The van der Waals surface area contributed by atoms with Crippen molar-refractivity contribution in [2.45, 2.75) is 0 Å². The average Bonchev–Trinajstić information content (AvgIpc) is 2.74. The molecule has 1 aromatic heterocycles. The van der Waals surface area contributed by atoms with E-state index in [1.54, 1.807) is 18.3 Å². The predicted molar refractivity (Wildman–Crippen MR) is 99.4 cm³/mol. The highest BCUT2D eigenvalue weighted by molar-refractivity contribution is 6.39. The van der Waals surface area contributed by atoms with Gasteiger partial charge in [-0.15, -0.1) is 0 Å². The van der Waals surface area contributed by atoms with Gasteiger partial charge in [0.15, 0.2) is 0 Å². The third-order valence-corrected chi connectivity index (χ3v) is 4.30. The number of anilines is 2. The van der Waals surface area contributed by atoms with Crippen molar-refractivity contribution in [1.82, 2.24) is 9.88 Å². The van der Waals surface area contributed by atoms with Crippen LogP contribution in [0.1, 0.15) is 10.4 Å². The first-order valence-corrected chi connectivity index (χ1v) is 8.53. The zero-order chi connectivity index (χ0) is 19.2. The van der Waals surface area contributed by atoms with Gasteiger partial charge in [-0.3, -0.25) is 9.59 Å². The maximum Gasteiger partial charge on any atom is 0.337 e. The number of rotatable bonds is 3. The van der Waals surface area contributed by atoms with E-state index >= 15 is 0 Å². The number of piperazine rings is 1. The molecule has 0 spiro atoms. The second-order valence-corrected chi connectivity index (χ2v) is 5.99. The maximum atomic E-state index is 12.4. The number of amides is 2. The largest absolute Gasteiger partial charge is 0.465 e. The molecule has 2 heterocycles. The Balaban J connectivity index is 1.54. The monoisotopic (exact) mass is 368 g/mol. The van der Waals surface area contributed by atoms with Crippen molar-refractivity contribution < 1.29 is 19.1 Å². The summed E-state index contributed by atoms with van der Waals surface area (Å²) >= 11 is 0. The number of hydrogen-bond donors (Lipinski definition) is 1. The van der Waals surface area contributed by atoms with Crippen molar-refractivity contribution >= 4 is 29.3 Å². The molecule has 0 saturated carbocycles. The fourth-order valence-corrected chi connectivity index (χ4v) is 2.82. The number of carbonyl (C=O) groups is 3. The molecule has 8 nitrogen and oxygen atoms in total. The van der Waals surface area contributed by atoms with Gasteiger partial charge in [0.2, 0.25) is 0 Å². The molecule has 0 atom stereocenters. The fourth-order valence-electron chi connectivity index (χ4n) is 2.82. The minimum Gasteiger partial charge on any atom is -0.465 e.